The van der Waals surface area contributed by atoms with Gasteiger partial charge in [-0.05, 0) is 72.7 Å². The van der Waals surface area contributed by atoms with Gasteiger partial charge in [0, 0.05) is 43.8 Å². The van der Waals surface area contributed by atoms with Crippen molar-refractivity contribution < 1.29 is 43.7 Å². The molecular formula is C47H59N7O9S. The molecule has 342 valence electrons. The van der Waals surface area contributed by atoms with Crippen molar-refractivity contribution in [1.29, 1.82) is 0 Å². The molecule has 16 nitrogen and oxygen atoms in total. The molecule has 4 aromatic rings. The van der Waals surface area contributed by atoms with Crippen LogP contribution in [0.2, 0.25) is 0 Å². The number of thiazole rings is 1. The predicted molar refractivity (Wildman–Crippen MR) is 246 cm³/mol. The van der Waals surface area contributed by atoms with Gasteiger partial charge < -0.3 is 41.1 Å². The summed E-state index contributed by atoms with van der Waals surface area (Å²) in [5.74, 6) is -1.81. The lowest BCUT2D eigenvalue weighted by Crippen LogP contribution is -2.58. The van der Waals surface area contributed by atoms with Crippen molar-refractivity contribution in [3.63, 3.8) is 0 Å². The number of carboxylic acid groups (broad SMARTS) is 1. The first-order chi connectivity index (χ1) is 30.6. The monoisotopic (exact) mass is 897 g/mol. The van der Waals surface area contributed by atoms with Crippen LogP contribution in [0, 0.1) is 12.3 Å². The van der Waals surface area contributed by atoms with Crippen LogP contribution in [0.5, 0.6) is 0 Å². The smallest absolute Gasteiger partial charge is 0.409 e. The van der Waals surface area contributed by atoms with E-state index in [-0.39, 0.29) is 43.6 Å². The molecule has 0 radical (unpaired) electrons. The van der Waals surface area contributed by atoms with E-state index in [9.17, 15) is 33.9 Å². The van der Waals surface area contributed by atoms with E-state index in [2.05, 4.69) is 31.6 Å². The summed E-state index contributed by atoms with van der Waals surface area (Å²) in [6.07, 6.45) is 3.42. The molecule has 0 aliphatic carbocycles. The number of nitrogens with zero attached hydrogens (tertiary/aromatic N) is 2. The van der Waals surface area contributed by atoms with E-state index in [1.165, 1.54) is 11.0 Å². The van der Waals surface area contributed by atoms with Gasteiger partial charge in [0.05, 0.1) is 33.6 Å². The van der Waals surface area contributed by atoms with Crippen LogP contribution in [0.3, 0.4) is 0 Å². The van der Waals surface area contributed by atoms with E-state index in [0.29, 0.717) is 36.4 Å². The number of aliphatic hydroxyl groups excluding tert-OH is 1. The van der Waals surface area contributed by atoms with Crippen LogP contribution in [-0.4, -0.2) is 93.7 Å². The molecule has 1 aromatic heterocycles. The van der Waals surface area contributed by atoms with Crippen molar-refractivity contribution >= 4 is 64.0 Å². The fourth-order valence-electron chi connectivity index (χ4n) is 7.28. The number of para-hydroxylation sites is 2. The van der Waals surface area contributed by atoms with Gasteiger partial charge in [0.2, 0.25) is 23.6 Å². The molecule has 0 bridgehead atoms. The number of ether oxygens (including phenoxy) is 1. The van der Waals surface area contributed by atoms with E-state index >= 15 is 0 Å². The topological polar surface area (TPSA) is 228 Å². The highest BCUT2D eigenvalue weighted by atomic mass is 32.1. The Morgan fingerprint density at radius 2 is 1.50 bits per heavy atom. The Morgan fingerprint density at radius 1 is 0.844 bits per heavy atom. The van der Waals surface area contributed by atoms with Gasteiger partial charge in [-0.3, -0.25) is 29.3 Å². The van der Waals surface area contributed by atoms with E-state index in [4.69, 9.17) is 9.84 Å². The SMILES string of the molecule is Cc1ncsc1-c1ccc(CNC(=O)[C@@H]2C[C@@H](O)CN2C(=O)[C@@H](NC(=O)COCCCCCCCCC(=O)Nc2ccc(C(=O)Nc3ccccc3NC(=O)O)cc2)C(C)(C)C)cc1. The number of hydrogen-bond donors (Lipinski definition) is 7. The van der Waals surface area contributed by atoms with Gasteiger partial charge in [-0.15, -0.1) is 11.3 Å². The summed E-state index contributed by atoms with van der Waals surface area (Å²) in [7, 11) is 0. The number of carbonyl (C=O) groups is 6. The second-order valence-corrected chi connectivity index (χ2v) is 17.8. The lowest BCUT2D eigenvalue weighted by Gasteiger charge is -2.35. The van der Waals surface area contributed by atoms with E-state index in [0.717, 1.165) is 53.8 Å². The van der Waals surface area contributed by atoms with Gasteiger partial charge in [-0.25, -0.2) is 9.78 Å². The third kappa shape index (κ3) is 14.7. The molecule has 1 fully saturated rings. The number of anilines is 3. The number of carbonyl (C=O) groups excluding carboxylic acids is 5. The largest absolute Gasteiger partial charge is 0.465 e. The van der Waals surface area contributed by atoms with E-state index in [1.54, 1.807) is 59.3 Å². The minimum Gasteiger partial charge on any atom is -0.465 e. The number of benzene rings is 3. The molecule has 0 saturated carbocycles. The Labute approximate surface area is 377 Å². The lowest BCUT2D eigenvalue weighted by atomic mass is 9.85. The zero-order valence-corrected chi connectivity index (χ0v) is 37.6. The summed E-state index contributed by atoms with van der Waals surface area (Å²) in [5.41, 5.74) is 5.48. The summed E-state index contributed by atoms with van der Waals surface area (Å²) in [6, 6.07) is 18.9. The fraction of sp³-hybridized carbons (Fsp3) is 0.426. The Balaban J connectivity index is 0.943. The van der Waals surface area contributed by atoms with Crippen LogP contribution in [0.25, 0.3) is 10.4 Å². The number of β-amino-alcohol motifs (C(OH)–C–C–N with tert-alkyl or cyclic N) is 1. The van der Waals surface area contributed by atoms with Gasteiger partial charge in [-0.1, -0.05) is 82.9 Å². The minimum atomic E-state index is -1.24. The fourth-order valence-corrected chi connectivity index (χ4v) is 8.10. The Hall–Kier alpha value is -6.17. The second kappa shape index (κ2) is 23.5. The Bertz CT molecular complexity index is 2220. The van der Waals surface area contributed by atoms with Crippen LogP contribution in [-0.2, 0) is 30.5 Å². The number of rotatable bonds is 21. The molecule has 6 amide bonds. The predicted octanol–water partition coefficient (Wildman–Crippen LogP) is 6.96. The Morgan fingerprint density at radius 3 is 2.14 bits per heavy atom. The molecule has 7 N–H and O–H groups in total. The number of amides is 6. The number of unbranched alkanes of at least 4 members (excludes halogenated alkanes) is 5. The van der Waals surface area contributed by atoms with Gasteiger partial charge in [0.25, 0.3) is 5.91 Å². The highest BCUT2D eigenvalue weighted by molar-refractivity contribution is 7.13. The second-order valence-electron chi connectivity index (χ2n) is 16.9. The zero-order chi connectivity index (χ0) is 46.2. The maximum Gasteiger partial charge on any atom is 0.409 e. The molecule has 17 heteroatoms. The van der Waals surface area contributed by atoms with Crippen molar-refractivity contribution in [3.8, 4) is 10.4 Å². The maximum absolute atomic E-state index is 13.9. The molecule has 1 aliphatic heterocycles. The molecular weight excluding hydrogens is 839 g/mol. The highest BCUT2D eigenvalue weighted by Crippen LogP contribution is 2.29. The number of aromatic nitrogens is 1. The summed E-state index contributed by atoms with van der Waals surface area (Å²) in [6.45, 7) is 7.85. The molecule has 5 rings (SSSR count). The molecule has 64 heavy (non-hydrogen) atoms. The quantitative estimate of drug-likeness (QED) is 0.0426. The standard InChI is InChI=1S/C47H59N7O9S/c1-30-41(64-29-49-30)32-18-16-31(17-19-32)26-48-44(59)38-25-35(55)27-54(38)45(60)42(47(2,3)4)53-40(57)28-63-24-12-8-6-5-7-9-15-39(56)50-34-22-20-33(21-23-34)43(58)51-36-13-10-11-14-37(36)52-46(61)62/h10-11,13-14,16-23,29,35,38,42,52,55H,5-9,12,15,24-28H2,1-4H3,(H,48,59)(H,50,56)(H,51,58)(H,53,57)(H,61,62)/t35-,38+,42-/m1/s1. The summed E-state index contributed by atoms with van der Waals surface area (Å²) in [4.78, 5) is 83.3. The van der Waals surface area contributed by atoms with Gasteiger partial charge >= 0.3 is 6.09 Å². The average Bonchev–Trinajstić information content (AvgIpc) is 3.87. The summed E-state index contributed by atoms with van der Waals surface area (Å²) < 4.78 is 5.64. The Kier molecular flexibility index (Phi) is 17.9. The first kappa shape index (κ1) is 48.9. The molecule has 0 spiro atoms. The van der Waals surface area contributed by atoms with Crippen LogP contribution >= 0.6 is 11.3 Å². The molecule has 1 saturated heterocycles. The third-order valence-electron chi connectivity index (χ3n) is 10.7. The van der Waals surface area contributed by atoms with Crippen molar-refractivity contribution in [1.82, 2.24) is 20.5 Å². The number of aryl methyl sites for hydroxylation is 1. The van der Waals surface area contributed by atoms with Crippen LogP contribution in [0.15, 0.2) is 78.3 Å². The molecule has 1 aliphatic rings. The molecule has 2 heterocycles. The molecule has 0 unspecified atom stereocenters. The van der Waals surface area contributed by atoms with Crippen molar-refractivity contribution in [3.05, 3.63) is 95.1 Å². The summed E-state index contributed by atoms with van der Waals surface area (Å²) >= 11 is 1.57. The maximum atomic E-state index is 13.9. The first-order valence-corrected chi connectivity index (χ1v) is 22.4. The lowest BCUT2D eigenvalue weighted by molar-refractivity contribution is -0.144. The van der Waals surface area contributed by atoms with Crippen molar-refractivity contribution in [2.24, 2.45) is 5.41 Å². The van der Waals surface area contributed by atoms with E-state index in [1.807, 2.05) is 52.0 Å². The third-order valence-corrected chi connectivity index (χ3v) is 11.7. The van der Waals surface area contributed by atoms with Gasteiger partial charge in [0.15, 0.2) is 0 Å². The normalized spacial score (nSPS) is 15.2. The van der Waals surface area contributed by atoms with Crippen molar-refractivity contribution in [2.75, 3.05) is 35.7 Å². The van der Waals surface area contributed by atoms with Gasteiger partial charge in [0.1, 0.15) is 18.7 Å². The first-order valence-electron chi connectivity index (χ1n) is 21.5. The zero-order valence-electron chi connectivity index (χ0n) is 36.8. The van der Waals surface area contributed by atoms with Crippen LogP contribution < -0.4 is 26.6 Å². The number of hydrogen-bond acceptors (Lipinski definition) is 10. The highest BCUT2D eigenvalue weighted by Gasteiger charge is 2.44. The number of nitrogens with one attached hydrogen (secondary N) is 5. The van der Waals surface area contributed by atoms with Crippen LogP contribution in [0.4, 0.5) is 21.9 Å². The average molecular weight is 898 g/mol. The van der Waals surface area contributed by atoms with Crippen molar-refractivity contribution in [2.45, 2.75) is 104 Å². The molecule has 3 atom stereocenters. The number of likely N-dealkylation sites (tertiary alicyclic amines) is 1. The van der Waals surface area contributed by atoms with Crippen LogP contribution in [0.1, 0.15) is 93.8 Å². The van der Waals surface area contributed by atoms with Gasteiger partial charge in [-0.2, -0.15) is 0 Å². The number of aliphatic hydroxyl groups is 1. The van der Waals surface area contributed by atoms with E-state index < -0.39 is 47.4 Å². The minimum absolute atomic E-state index is 0.0141. The molecule has 3 aromatic carbocycles. The summed E-state index contributed by atoms with van der Waals surface area (Å²) in [5, 5.41) is 33.1.